The summed E-state index contributed by atoms with van der Waals surface area (Å²) in [7, 11) is -4.15. The second-order valence-corrected chi connectivity index (χ2v) is 9.10. The molecule has 12 heteroatoms. The first-order valence-corrected chi connectivity index (χ1v) is 10.3. The Morgan fingerprint density at radius 1 is 1.41 bits per heavy atom. The van der Waals surface area contributed by atoms with Crippen molar-refractivity contribution in [3.63, 3.8) is 0 Å². The molecule has 1 aliphatic rings. The van der Waals surface area contributed by atoms with Gasteiger partial charge < -0.3 is 14.9 Å². The summed E-state index contributed by atoms with van der Waals surface area (Å²) in [5.74, 6) is -1.07. The van der Waals surface area contributed by atoms with Gasteiger partial charge in [-0.25, -0.2) is 17.8 Å². The van der Waals surface area contributed by atoms with Crippen LogP contribution < -0.4 is 4.74 Å². The zero-order chi connectivity index (χ0) is 21.4. The molecule has 1 aliphatic heterocycles. The minimum absolute atomic E-state index is 0.104. The van der Waals surface area contributed by atoms with E-state index >= 15 is 0 Å². The molecule has 2 atom stereocenters. The molecule has 154 valence electrons. The number of aliphatic hydroxyl groups is 2. The molecule has 2 N–H and O–H groups in total. The Morgan fingerprint density at radius 3 is 2.72 bits per heavy atom. The van der Waals surface area contributed by atoms with Gasteiger partial charge >= 0.3 is 0 Å². The predicted octanol–water partition coefficient (Wildman–Crippen LogP) is 1.57. The lowest BCUT2D eigenvalue weighted by Gasteiger charge is -2.26. The maximum atomic E-state index is 13.8. The Morgan fingerprint density at radius 2 is 2.14 bits per heavy atom. The van der Waals surface area contributed by atoms with Crippen LogP contribution in [0.3, 0.4) is 0 Å². The average Bonchev–Trinajstić information content (AvgIpc) is 2.99. The minimum atomic E-state index is -4.15. The van der Waals surface area contributed by atoms with Gasteiger partial charge in [-0.1, -0.05) is 23.2 Å². The van der Waals surface area contributed by atoms with E-state index in [2.05, 4.69) is 4.98 Å². The van der Waals surface area contributed by atoms with Gasteiger partial charge in [-0.05, 0) is 18.2 Å². The summed E-state index contributed by atoms with van der Waals surface area (Å²) >= 11 is 11.8. The fourth-order valence-electron chi connectivity index (χ4n) is 2.86. The van der Waals surface area contributed by atoms with Crippen molar-refractivity contribution in [2.75, 3.05) is 19.7 Å². The molecule has 29 heavy (non-hydrogen) atoms. The third-order valence-electron chi connectivity index (χ3n) is 4.40. The third-order valence-corrected chi connectivity index (χ3v) is 6.93. The molecule has 1 saturated heterocycles. The van der Waals surface area contributed by atoms with Crippen molar-refractivity contribution in [2.24, 2.45) is 0 Å². The molecular weight excluding hydrogens is 448 g/mol. The first-order chi connectivity index (χ1) is 13.6. The minimum Gasteiger partial charge on any atom is -0.484 e. The number of ether oxygens (including phenoxy) is 1. The molecule has 1 aromatic heterocycles. The van der Waals surface area contributed by atoms with Crippen molar-refractivity contribution in [3.8, 4) is 11.8 Å². The van der Waals surface area contributed by atoms with Crippen molar-refractivity contribution in [1.29, 1.82) is 5.26 Å². The van der Waals surface area contributed by atoms with Gasteiger partial charge in [0.05, 0.1) is 24.4 Å². The molecule has 0 bridgehead atoms. The van der Waals surface area contributed by atoms with Gasteiger partial charge in [0, 0.05) is 17.6 Å². The molecule has 1 fully saturated rings. The van der Waals surface area contributed by atoms with Crippen molar-refractivity contribution in [3.05, 3.63) is 52.0 Å². The van der Waals surface area contributed by atoms with Gasteiger partial charge in [0.15, 0.2) is 11.5 Å². The highest BCUT2D eigenvalue weighted by atomic mass is 35.5. The lowest BCUT2D eigenvalue weighted by atomic mass is 10.0. The van der Waals surface area contributed by atoms with Crippen LogP contribution in [0.15, 0.2) is 35.4 Å². The van der Waals surface area contributed by atoms with Gasteiger partial charge in [-0.3, -0.25) is 0 Å². The number of hydrogen-bond donors (Lipinski definition) is 2. The highest BCUT2D eigenvalue weighted by Gasteiger charge is 2.51. The highest BCUT2D eigenvalue weighted by Crippen LogP contribution is 2.33. The Kier molecular flexibility index (Phi) is 6.01. The molecule has 3 rings (SSSR count). The zero-order valence-electron chi connectivity index (χ0n) is 14.6. The van der Waals surface area contributed by atoms with Crippen molar-refractivity contribution < 1.29 is 27.8 Å². The van der Waals surface area contributed by atoms with Crippen LogP contribution in [0.4, 0.5) is 4.39 Å². The fraction of sp³-hybridized carbons (Fsp3) is 0.294. The quantitative estimate of drug-likeness (QED) is 0.692. The van der Waals surface area contributed by atoms with Crippen molar-refractivity contribution in [2.45, 2.75) is 16.6 Å². The van der Waals surface area contributed by atoms with Gasteiger partial charge in [-0.2, -0.15) is 9.57 Å². The van der Waals surface area contributed by atoms with Crippen LogP contribution in [0.2, 0.25) is 10.0 Å². The Balaban J connectivity index is 1.89. The van der Waals surface area contributed by atoms with E-state index in [0.717, 1.165) is 16.6 Å². The van der Waals surface area contributed by atoms with E-state index in [1.54, 1.807) is 6.07 Å². The van der Waals surface area contributed by atoms with E-state index in [9.17, 15) is 23.0 Å². The van der Waals surface area contributed by atoms with E-state index < -0.39 is 46.4 Å². The first kappa shape index (κ1) is 21.7. The topological polar surface area (TPSA) is 124 Å². The molecule has 1 aromatic carbocycles. The zero-order valence-corrected chi connectivity index (χ0v) is 16.9. The smallest absolute Gasteiger partial charge is 0.244 e. The molecule has 2 heterocycles. The SMILES string of the molecule is N#Cc1ncc(O[C@H]2CN(S(=O)(=O)c3ccc(Cl)cc3Cl)C[C@@]2(O)CO)cc1F. The molecular formula is C17H14Cl2FN3O5S. The van der Waals surface area contributed by atoms with E-state index in [0.29, 0.717) is 0 Å². The lowest BCUT2D eigenvalue weighted by molar-refractivity contribution is -0.0642. The summed E-state index contributed by atoms with van der Waals surface area (Å²) in [5, 5.41) is 29.2. The summed E-state index contributed by atoms with van der Waals surface area (Å²) < 4.78 is 46.0. The Hall–Kier alpha value is -2.00. The molecule has 2 aromatic rings. The van der Waals surface area contributed by atoms with E-state index in [-0.39, 0.29) is 27.2 Å². The largest absolute Gasteiger partial charge is 0.484 e. The van der Waals surface area contributed by atoms with Gasteiger partial charge in [0.1, 0.15) is 28.4 Å². The second kappa shape index (κ2) is 8.02. The van der Waals surface area contributed by atoms with Crippen LogP contribution in [-0.4, -0.2) is 59.3 Å². The van der Waals surface area contributed by atoms with Crippen LogP contribution in [0.5, 0.6) is 5.75 Å². The standard InChI is InChI=1S/C17H14Cl2FN3O5S/c18-10-1-2-15(12(19)3-10)29(26,27)23-7-16(17(25,8-23)9-24)28-11-4-13(20)14(5-21)22-6-11/h1-4,6,16,24-25H,7-9H2/t16-,17+/m0/s1. The van der Waals surface area contributed by atoms with E-state index in [4.69, 9.17) is 33.2 Å². The number of aromatic nitrogens is 1. The number of aliphatic hydroxyl groups excluding tert-OH is 1. The number of sulfonamides is 1. The Labute approximate surface area is 175 Å². The maximum absolute atomic E-state index is 13.8. The van der Waals surface area contributed by atoms with Crippen LogP contribution in [0.25, 0.3) is 0 Å². The number of β-amino-alcohol motifs (C(OH)–C–C–N with tert-alkyl or cyclic N) is 1. The van der Waals surface area contributed by atoms with Crippen LogP contribution >= 0.6 is 23.2 Å². The normalized spacial score (nSPS) is 22.4. The van der Waals surface area contributed by atoms with Gasteiger partial charge in [-0.15, -0.1) is 0 Å². The number of nitrogens with zero attached hydrogens (tertiary/aromatic N) is 3. The summed E-state index contributed by atoms with van der Waals surface area (Å²) in [5.41, 5.74) is -2.40. The summed E-state index contributed by atoms with van der Waals surface area (Å²) in [6.45, 7) is -1.65. The number of rotatable bonds is 5. The second-order valence-electron chi connectivity index (χ2n) is 6.35. The molecule has 0 spiro atoms. The van der Waals surface area contributed by atoms with Gasteiger partial charge in [0.2, 0.25) is 10.0 Å². The Bertz CT molecular complexity index is 1090. The molecule has 0 radical (unpaired) electrons. The molecule has 0 amide bonds. The number of pyridine rings is 1. The van der Waals surface area contributed by atoms with E-state index in [1.807, 2.05) is 0 Å². The number of halogens is 3. The van der Waals surface area contributed by atoms with Gasteiger partial charge in [0.25, 0.3) is 0 Å². The lowest BCUT2D eigenvalue weighted by Crippen LogP contribution is -2.48. The predicted molar refractivity (Wildman–Crippen MR) is 101 cm³/mol. The van der Waals surface area contributed by atoms with Crippen LogP contribution in [0.1, 0.15) is 5.69 Å². The number of nitriles is 1. The summed E-state index contributed by atoms with van der Waals surface area (Å²) in [6.07, 6.45) is -0.172. The monoisotopic (exact) mass is 461 g/mol. The van der Waals surface area contributed by atoms with Crippen LogP contribution in [-0.2, 0) is 10.0 Å². The first-order valence-electron chi connectivity index (χ1n) is 8.11. The average molecular weight is 462 g/mol. The maximum Gasteiger partial charge on any atom is 0.244 e. The summed E-state index contributed by atoms with van der Waals surface area (Å²) in [6, 6.07) is 6.29. The number of hydrogen-bond acceptors (Lipinski definition) is 7. The third kappa shape index (κ3) is 4.16. The van der Waals surface area contributed by atoms with Crippen LogP contribution in [0, 0.1) is 17.1 Å². The highest BCUT2D eigenvalue weighted by molar-refractivity contribution is 7.89. The summed E-state index contributed by atoms with van der Waals surface area (Å²) in [4.78, 5) is 3.35. The molecule has 0 saturated carbocycles. The fourth-order valence-corrected chi connectivity index (χ4v) is 5.11. The van der Waals surface area contributed by atoms with E-state index in [1.165, 1.54) is 18.2 Å². The van der Waals surface area contributed by atoms with Crippen molar-refractivity contribution >= 4 is 33.2 Å². The van der Waals surface area contributed by atoms with Crippen molar-refractivity contribution in [1.82, 2.24) is 9.29 Å². The molecule has 8 nitrogen and oxygen atoms in total. The molecule has 0 aliphatic carbocycles. The molecule has 0 unspecified atom stereocenters. The number of benzene rings is 1.